The van der Waals surface area contributed by atoms with Gasteiger partial charge in [0.05, 0.1) is 35.9 Å². The highest BCUT2D eigenvalue weighted by Gasteiger charge is 2.50. The number of hydrogen-bond donors (Lipinski definition) is 4. The van der Waals surface area contributed by atoms with Gasteiger partial charge in [0.1, 0.15) is 0 Å². The summed E-state index contributed by atoms with van der Waals surface area (Å²) in [6.07, 6.45) is -5.45. The zero-order chi connectivity index (χ0) is 21.1. The van der Waals surface area contributed by atoms with Crippen LogP contribution in [0.5, 0.6) is 0 Å². The monoisotopic (exact) mass is 418 g/mol. The molecule has 28 heavy (non-hydrogen) atoms. The molecule has 0 bridgehead atoms. The first kappa shape index (κ1) is 22.9. The number of aliphatic hydroxyl groups excluding tert-OH is 3. The van der Waals surface area contributed by atoms with Crippen LogP contribution < -0.4 is 0 Å². The number of ketones is 1. The number of benzene rings is 1. The molecule has 1 aromatic carbocycles. The Kier molecular flexibility index (Phi) is 7.32. The molecule has 0 saturated carbocycles. The summed E-state index contributed by atoms with van der Waals surface area (Å²) < 4.78 is 34.5. The SMILES string of the molecule is CC(=O)C1(O)CC(O)C(C(C)O)C(C[C@H](O)COS(=O)(=O)c2ccccc2)O1. The minimum absolute atomic E-state index is 0.0700. The van der Waals surface area contributed by atoms with Gasteiger partial charge in [0.15, 0.2) is 5.78 Å². The Hall–Kier alpha value is -1.40. The van der Waals surface area contributed by atoms with Crippen LogP contribution >= 0.6 is 0 Å². The molecule has 0 amide bonds. The second kappa shape index (κ2) is 8.95. The van der Waals surface area contributed by atoms with Crippen LogP contribution in [-0.4, -0.2) is 71.4 Å². The molecule has 1 fully saturated rings. The topological polar surface area (TPSA) is 151 Å². The van der Waals surface area contributed by atoms with Crippen LogP contribution in [0.1, 0.15) is 26.7 Å². The predicted octanol–water partition coefficient (Wildman–Crippen LogP) is -0.433. The van der Waals surface area contributed by atoms with Gasteiger partial charge >= 0.3 is 0 Å². The molecule has 1 aliphatic rings. The third-order valence-electron chi connectivity index (χ3n) is 4.76. The molecule has 0 aromatic heterocycles. The van der Waals surface area contributed by atoms with Crippen LogP contribution in [0, 0.1) is 5.92 Å². The van der Waals surface area contributed by atoms with E-state index in [0.717, 1.165) is 6.92 Å². The van der Waals surface area contributed by atoms with Crippen molar-refractivity contribution in [3.05, 3.63) is 30.3 Å². The van der Waals surface area contributed by atoms with E-state index in [2.05, 4.69) is 0 Å². The van der Waals surface area contributed by atoms with Crippen molar-refractivity contribution < 1.29 is 42.6 Å². The van der Waals surface area contributed by atoms with Gasteiger partial charge in [-0.15, -0.1) is 0 Å². The quantitative estimate of drug-likeness (QED) is 0.412. The van der Waals surface area contributed by atoms with Crippen molar-refractivity contribution in [3.63, 3.8) is 0 Å². The highest BCUT2D eigenvalue weighted by molar-refractivity contribution is 7.86. The molecule has 9 nitrogen and oxygen atoms in total. The summed E-state index contributed by atoms with van der Waals surface area (Å²) >= 11 is 0. The molecule has 1 aliphatic heterocycles. The molecule has 1 aromatic rings. The first-order chi connectivity index (χ1) is 13.0. The van der Waals surface area contributed by atoms with Crippen LogP contribution in [0.4, 0.5) is 0 Å². The number of rotatable bonds is 8. The van der Waals surface area contributed by atoms with Gasteiger partial charge in [-0.1, -0.05) is 18.2 Å². The third kappa shape index (κ3) is 5.35. The van der Waals surface area contributed by atoms with Crippen LogP contribution in [0.2, 0.25) is 0 Å². The Bertz CT molecular complexity index is 765. The van der Waals surface area contributed by atoms with E-state index in [9.17, 15) is 33.6 Å². The van der Waals surface area contributed by atoms with E-state index in [1.54, 1.807) is 6.07 Å². The van der Waals surface area contributed by atoms with Gasteiger partial charge in [-0.2, -0.15) is 8.42 Å². The Labute approximate surface area is 163 Å². The largest absolute Gasteiger partial charge is 0.393 e. The Morgan fingerprint density at radius 2 is 1.93 bits per heavy atom. The number of carbonyl (C=O) groups excluding carboxylic acids is 1. The lowest BCUT2D eigenvalue weighted by Crippen LogP contribution is -2.58. The fraction of sp³-hybridized carbons (Fsp3) is 0.611. The number of ether oxygens (including phenoxy) is 1. The van der Waals surface area contributed by atoms with E-state index in [-0.39, 0.29) is 11.3 Å². The molecule has 0 aliphatic carbocycles. The summed E-state index contributed by atoms with van der Waals surface area (Å²) in [7, 11) is -4.08. The van der Waals surface area contributed by atoms with E-state index in [4.69, 9.17) is 8.92 Å². The molecule has 4 N–H and O–H groups in total. The van der Waals surface area contributed by atoms with Gasteiger partial charge in [0.25, 0.3) is 10.1 Å². The molecule has 5 unspecified atom stereocenters. The Balaban J connectivity index is 2.07. The second-order valence-corrected chi connectivity index (χ2v) is 8.64. The molecule has 1 saturated heterocycles. The van der Waals surface area contributed by atoms with Gasteiger partial charge in [0.2, 0.25) is 5.79 Å². The highest BCUT2D eigenvalue weighted by atomic mass is 32.2. The fourth-order valence-electron chi connectivity index (χ4n) is 3.27. The van der Waals surface area contributed by atoms with E-state index in [1.165, 1.54) is 31.2 Å². The summed E-state index contributed by atoms with van der Waals surface area (Å²) in [6, 6.07) is 7.39. The van der Waals surface area contributed by atoms with E-state index < -0.39 is 65.0 Å². The van der Waals surface area contributed by atoms with Crippen molar-refractivity contribution in [2.24, 2.45) is 5.92 Å². The third-order valence-corrected chi connectivity index (χ3v) is 6.06. The van der Waals surface area contributed by atoms with Crippen molar-refractivity contribution in [2.45, 2.75) is 61.8 Å². The van der Waals surface area contributed by atoms with Gasteiger partial charge < -0.3 is 25.2 Å². The molecule has 2 rings (SSSR count). The van der Waals surface area contributed by atoms with Crippen molar-refractivity contribution in [2.75, 3.05) is 6.61 Å². The van der Waals surface area contributed by atoms with Crippen LogP contribution in [0.3, 0.4) is 0 Å². The second-order valence-electron chi connectivity index (χ2n) is 7.03. The predicted molar refractivity (Wildman–Crippen MR) is 96.5 cm³/mol. The lowest BCUT2D eigenvalue weighted by atomic mass is 9.81. The summed E-state index contributed by atoms with van der Waals surface area (Å²) in [4.78, 5) is 11.6. The maximum Gasteiger partial charge on any atom is 0.297 e. The maximum atomic E-state index is 12.1. The maximum absolute atomic E-state index is 12.1. The number of Topliss-reactive ketones (excluding diaryl/α,β-unsaturated/α-hetero) is 1. The minimum Gasteiger partial charge on any atom is -0.393 e. The van der Waals surface area contributed by atoms with Gasteiger partial charge in [-0.05, 0) is 19.1 Å². The van der Waals surface area contributed by atoms with Crippen molar-refractivity contribution >= 4 is 15.9 Å². The van der Waals surface area contributed by atoms with Crippen molar-refractivity contribution in [1.29, 1.82) is 0 Å². The Morgan fingerprint density at radius 1 is 1.32 bits per heavy atom. The zero-order valence-electron chi connectivity index (χ0n) is 15.6. The molecular weight excluding hydrogens is 392 g/mol. The number of hydrogen-bond acceptors (Lipinski definition) is 9. The molecule has 1 heterocycles. The van der Waals surface area contributed by atoms with Gasteiger partial charge in [0, 0.05) is 25.7 Å². The summed E-state index contributed by atoms with van der Waals surface area (Å²) in [5.41, 5.74) is 0. The van der Waals surface area contributed by atoms with Crippen molar-refractivity contribution in [3.8, 4) is 0 Å². The molecule has 0 radical (unpaired) electrons. The molecule has 0 spiro atoms. The first-order valence-corrected chi connectivity index (χ1v) is 10.3. The standard InChI is InChI=1S/C18H26O9S/c1-11(19)17-15(22)9-18(23,12(2)20)27-16(17)8-13(21)10-26-28(24,25)14-6-4-3-5-7-14/h3-7,11,13,15-17,19,21-23H,8-10H2,1-2H3/t11?,13-,15?,16?,17?,18?/m0/s1. The smallest absolute Gasteiger partial charge is 0.297 e. The summed E-state index contributed by atoms with van der Waals surface area (Å²) in [5, 5.41) is 40.7. The van der Waals surface area contributed by atoms with E-state index in [1.807, 2.05) is 0 Å². The first-order valence-electron chi connectivity index (χ1n) is 8.86. The number of carbonyl (C=O) groups is 1. The summed E-state index contributed by atoms with van der Waals surface area (Å²) in [6.45, 7) is 1.90. The van der Waals surface area contributed by atoms with Crippen molar-refractivity contribution in [1.82, 2.24) is 0 Å². The number of aliphatic hydroxyl groups is 4. The van der Waals surface area contributed by atoms with E-state index in [0.29, 0.717) is 0 Å². The lowest BCUT2D eigenvalue weighted by Gasteiger charge is -2.44. The normalized spacial score (nSPS) is 30.6. The van der Waals surface area contributed by atoms with Gasteiger partial charge in [-0.25, -0.2) is 0 Å². The molecule has 6 atom stereocenters. The highest BCUT2D eigenvalue weighted by Crippen LogP contribution is 2.36. The average molecular weight is 418 g/mol. The fourth-order valence-corrected chi connectivity index (χ4v) is 4.23. The van der Waals surface area contributed by atoms with Crippen LogP contribution in [0.15, 0.2) is 35.2 Å². The minimum atomic E-state index is -4.08. The summed E-state index contributed by atoms with van der Waals surface area (Å²) in [5.74, 6) is -3.86. The van der Waals surface area contributed by atoms with Gasteiger partial charge in [-0.3, -0.25) is 8.98 Å². The van der Waals surface area contributed by atoms with Crippen LogP contribution in [0.25, 0.3) is 0 Å². The lowest BCUT2D eigenvalue weighted by molar-refractivity contribution is -0.285. The van der Waals surface area contributed by atoms with E-state index >= 15 is 0 Å². The van der Waals surface area contributed by atoms with Crippen LogP contribution in [-0.2, 0) is 23.8 Å². The zero-order valence-corrected chi connectivity index (χ0v) is 16.4. The average Bonchev–Trinajstić information content (AvgIpc) is 2.60. The molecule has 158 valence electrons. The molecule has 10 heteroatoms. The Morgan fingerprint density at radius 3 is 2.46 bits per heavy atom. The molecular formula is C18H26O9S.